The first-order chi connectivity index (χ1) is 9.11. The van der Waals surface area contributed by atoms with E-state index in [2.05, 4.69) is 58.1 Å². The number of anilines is 2. The summed E-state index contributed by atoms with van der Waals surface area (Å²) < 4.78 is 1.16. The molecule has 2 aliphatic rings. The number of nitrogens with one attached hydrogen (secondary N) is 1. The molecule has 1 heterocycles. The molecule has 102 valence electrons. The van der Waals surface area contributed by atoms with Crippen LogP contribution in [0.3, 0.4) is 0 Å². The lowest BCUT2D eigenvalue weighted by molar-refractivity contribution is -0.117. The summed E-state index contributed by atoms with van der Waals surface area (Å²) in [6, 6.07) is 6.31. The molecule has 1 aromatic carbocycles. The molecule has 4 heteroatoms. The van der Waals surface area contributed by atoms with E-state index in [9.17, 15) is 4.79 Å². The number of nitrogens with zero attached hydrogens (tertiary/aromatic N) is 1. The van der Waals surface area contributed by atoms with E-state index in [1.165, 1.54) is 19.3 Å². The lowest BCUT2D eigenvalue weighted by Crippen LogP contribution is -2.49. The Labute approximate surface area is 127 Å². The SMILES string of the molecule is CN1c2ccc(I)cc2NC(=O)CC12CCCCC2. The number of amides is 1. The summed E-state index contributed by atoms with van der Waals surface area (Å²) in [5.41, 5.74) is 2.15. The molecular weight excluding hydrogens is 351 g/mol. The Bertz CT molecular complexity index is 509. The van der Waals surface area contributed by atoms with Gasteiger partial charge in [0.15, 0.2) is 0 Å². The van der Waals surface area contributed by atoms with Gasteiger partial charge < -0.3 is 10.2 Å². The third-order valence-electron chi connectivity index (χ3n) is 4.58. The quantitative estimate of drug-likeness (QED) is 0.706. The van der Waals surface area contributed by atoms with Crippen LogP contribution in [0, 0.1) is 3.57 Å². The summed E-state index contributed by atoms with van der Waals surface area (Å²) in [7, 11) is 2.15. The smallest absolute Gasteiger partial charge is 0.226 e. The van der Waals surface area contributed by atoms with E-state index >= 15 is 0 Å². The summed E-state index contributed by atoms with van der Waals surface area (Å²) >= 11 is 2.29. The van der Waals surface area contributed by atoms with Gasteiger partial charge in [-0.05, 0) is 53.6 Å². The van der Waals surface area contributed by atoms with Gasteiger partial charge in [0.05, 0.1) is 17.8 Å². The highest BCUT2D eigenvalue weighted by Crippen LogP contribution is 2.43. The van der Waals surface area contributed by atoms with Crippen LogP contribution >= 0.6 is 22.6 Å². The van der Waals surface area contributed by atoms with Crippen molar-refractivity contribution >= 4 is 39.9 Å². The van der Waals surface area contributed by atoms with Gasteiger partial charge in [-0.3, -0.25) is 4.79 Å². The monoisotopic (exact) mass is 370 g/mol. The number of benzene rings is 1. The molecule has 3 rings (SSSR count). The second kappa shape index (κ2) is 4.96. The summed E-state index contributed by atoms with van der Waals surface area (Å²) in [6.07, 6.45) is 6.64. The molecule has 0 aromatic heterocycles. The third kappa shape index (κ3) is 2.35. The molecule has 1 saturated carbocycles. The van der Waals surface area contributed by atoms with Crippen molar-refractivity contribution < 1.29 is 4.79 Å². The number of carbonyl (C=O) groups is 1. The van der Waals surface area contributed by atoms with E-state index in [4.69, 9.17) is 0 Å². The fourth-order valence-electron chi connectivity index (χ4n) is 3.49. The van der Waals surface area contributed by atoms with Crippen molar-refractivity contribution in [3.05, 3.63) is 21.8 Å². The van der Waals surface area contributed by atoms with Gasteiger partial charge in [0, 0.05) is 16.2 Å². The molecule has 0 bridgehead atoms. The highest BCUT2D eigenvalue weighted by molar-refractivity contribution is 14.1. The largest absolute Gasteiger partial charge is 0.367 e. The van der Waals surface area contributed by atoms with Crippen LogP contribution in [0.5, 0.6) is 0 Å². The summed E-state index contributed by atoms with van der Waals surface area (Å²) in [5, 5.41) is 3.08. The number of fused-ring (bicyclic) bond motifs is 1. The third-order valence-corrected chi connectivity index (χ3v) is 5.25. The molecule has 1 fully saturated rings. The van der Waals surface area contributed by atoms with Gasteiger partial charge in [0.25, 0.3) is 0 Å². The van der Waals surface area contributed by atoms with Crippen LogP contribution in [0.4, 0.5) is 11.4 Å². The second-order valence-electron chi connectivity index (χ2n) is 5.73. The summed E-state index contributed by atoms with van der Waals surface area (Å²) in [4.78, 5) is 14.6. The molecule has 0 atom stereocenters. The van der Waals surface area contributed by atoms with Crippen LogP contribution in [-0.2, 0) is 4.79 Å². The first-order valence-corrected chi connectivity index (χ1v) is 8.02. The molecule has 19 heavy (non-hydrogen) atoms. The zero-order valence-corrected chi connectivity index (χ0v) is 13.4. The molecule has 1 N–H and O–H groups in total. The van der Waals surface area contributed by atoms with Crippen LogP contribution in [0.15, 0.2) is 18.2 Å². The van der Waals surface area contributed by atoms with Gasteiger partial charge in [0.1, 0.15) is 0 Å². The van der Waals surface area contributed by atoms with E-state index < -0.39 is 0 Å². The van der Waals surface area contributed by atoms with E-state index in [0.717, 1.165) is 27.8 Å². The van der Waals surface area contributed by atoms with Crippen molar-refractivity contribution in [3.63, 3.8) is 0 Å². The lowest BCUT2D eigenvalue weighted by atomic mass is 9.78. The number of hydrogen-bond acceptors (Lipinski definition) is 2. The number of rotatable bonds is 0. The normalized spacial score (nSPS) is 21.8. The van der Waals surface area contributed by atoms with Crippen molar-refractivity contribution in [1.82, 2.24) is 0 Å². The first kappa shape index (κ1) is 13.2. The van der Waals surface area contributed by atoms with Crippen molar-refractivity contribution in [1.29, 1.82) is 0 Å². The first-order valence-electron chi connectivity index (χ1n) is 6.94. The van der Waals surface area contributed by atoms with Gasteiger partial charge >= 0.3 is 0 Å². The Morgan fingerprint density at radius 2 is 2.00 bits per heavy atom. The minimum atomic E-state index is 0.0281. The summed E-state index contributed by atoms with van der Waals surface area (Å²) in [6.45, 7) is 0. The molecular formula is C15H19IN2O. The molecule has 1 spiro atoms. The number of halogens is 1. The Kier molecular flexibility index (Phi) is 3.45. The zero-order valence-electron chi connectivity index (χ0n) is 11.2. The Morgan fingerprint density at radius 1 is 1.26 bits per heavy atom. The fourth-order valence-corrected chi connectivity index (χ4v) is 3.98. The molecule has 1 aliphatic carbocycles. The van der Waals surface area contributed by atoms with Crippen molar-refractivity contribution in [2.24, 2.45) is 0 Å². The lowest BCUT2D eigenvalue weighted by Gasteiger charge is -2.44. The van der Waals surface area contributed by atoms with E-state index in [-0.39, 0.29) is 11.4 Å². The maximum Gasteiger partial charge on any atom is 0.226 e. The molecule has 0 radical (unpaired) electrons. The van der Waals surface area contributed by atoms with Crippen LogP contribution in [0.1, 0.15) is 38.5 Å². The van der Waals surface area contributed by atoms with E-state index in [0.29, 0.717) is 6.42 Å². The van der Waals surface area contributed by atoms with Crippen LogP contribution in [0.2, 0.25) is 0 Å². The minimum absolute atomic E-state index is 0.0281. The second-order valence-corrected chi connectivity index (χ2v) is 6.98. The predicted molar refractivity (Wildman–Crippen MR) is 86.6 cm³/mol. The molecule has 1 aliphatic heterocycles. The molecule has 0 unspecified atom stereocenters. The van der Waals surface area contributed by atoms with E-state index in [1.54, 1.807) is 0 Å². The molecule has 1 aromatic rings. The van der Waals surface area contributed by atoms with E-state index in [1.807, 2.05) is 0 Å². The number of hydrogen-bond donors (Lipinski definition) is 1. The fraction of sp³-hybridized carbons (Fsp3) is 0.533. The van der Waals surface area contributed by atoms with Gasteiger partial charge in [0.2, 0.25) is 5.91 Å². The maximum absolute atomic E-state index is 12.2. The molecule has 3 nitrogen and oxygen atoms in total. The Morgan fingerprint density at radius 3 is 2.74 bits per heavy atom. The molecule has 1 amide bonds. The van der Waals surface area contributed by atoms with Crippen molar-refractivity contribution in [2.75, 3.05) is 17.3 Å². The average molecular weight is 370 g/mol. The Hall–Kier alpha value is -0.780. The average Bonchev–Trinajstić information content (AvgIpc) is 2.47. The van der Waals surface area contributed by atoms with Gasteiger partial charge in [-0.15, -0.1) is 0 Å². The van der Waals surface area contributed by atoms with Crippen molar-refractivity contribution in [3.8, 4) is 0 Å². The van der Waals surface area contributed by atoms with Crippen LogP contribution in [-0.4, -0.2) is 18.5 Å². The Balaban J connectivity index is 2.06. The van der Waals surface area contributed by atoms with Gasteiger partial charge in [-0.2, -0.15) is 0 Å². The van der Waals surface area contributed by atoms with Crippen LogP contribution in [0.25, 0.3) is 0 Å². The van der Waals surface area contributed by atoms with Crippen molar-refractivity contribution in [2.45, 2.75) is 44.1 Å². The zero-order chi connectivity index (χ0) is 13.5. The maximum atomic E-state index is 12.2. The predicted octanol–water partition coefficient (Wildman–Crippen LogP) is 3.77. The number of carbonyl (C=O) groups excluding carboxylic acids is 1. The molecule has 0 saturated heterocycles. The standard InChI is InChI=1S/C15H19IN2O/c1-18-13-6-5-11(16)9-12(13)17-14(19)10-15(18)7-3-2-4-8-15/h5-6,9H,2-4,7-8,10H2,1H3,(H,17,19). The topological polar surface area (TPSA) is 32.3 Å². The van der Waals surface area contributed by atoms with Crippen LogP contribution < -0.4 is 10.2 Å². The highest BCUT2D eigenvalue weighted by atomic mass is 127. The van der Waals surface area contributed by atoms with Gasteiger partial charge in [-0.1, -0.05) is 19.3 Å². The van der Waals surface area contributed by atoms with Gasteiger partial charge in [-0.25, -0.2) is 0 Å². The summed E-state index contributed by atoms with van der Waals surface area (Å²) in [5.74, 6) is 0.162. The highest BCUT2D eigenvalue weighted by Gasteiger charge is 2.40. The minimum Gasteiger partial charge on any atom is -0.367 e.